The number of carboxylic acid groups (broad SMARTS) is 1. The third-order valence-corrected chi connectivity index (χ3v) is 3.95. The van der Waals surface area contributed by atoms with Crippen LogP contribution in [-0.2, 0) is 24.2 Å². The highest BCUT2D eigenvalue weighted by atomic mass is 16.4. The van der Waals surface area contributed by atoms with E-state index < -0.39 is 5.97 Å². The lowest BCUT2D eigenvalue weighted by molar-refractivity contribution is -0.138. The minimum atomic E-state index is -0.719. The molecular formula is C15H19NO2. The van der Waals surface area contributed by atoms with Crippen molar-refractivity contribution >= 4 is 5.97 Å². The van der Waals surface area contributed by atoms with Crippen molar-refractivity contribution < 1.29 is 9.90 Å². The zero-order valence-electron chi connectivity index (χ0n) is 10.6. The van der Waals surface area contributed by atoms with Gasteiger partial charge in [-0.1, -0.05) is 18.2 Å². The van der Waals surface area contributed by atoms with E-state index in [4.69, 9.17) is 5.11 Å². The Labute approximate surface area is 107 Å². The molecule has 0 aliphatic heterocycles. The highest BCUT2D eigenvalue weighted by Crippen LogP contribution is 2.29. The van der Waals surface area contributed by atoms with Gasteiger partial charge in [0, 0.05) is 12.6 Å². The smallest absolute Gasteiger partial charge is 0.317 e. The van der Waals surface area contributed by atoms with Gasteiger partial charge in [-0.05, 0) is 48.8 Å². The molecule has 0 bridgehead atoms. The standard InChI is InChI=1S/C15H19NO2/c17-15(18)10-16(14-6-7-14)9-11-4-5-12-2-1-3-13(12)8-11/h4-5,8,14H,1-3,6-7,9-10H2,(H,17,18). The van der Waals surface area contributed by atoms with E-state index in [1.807, 2.05) is 0 Å². The van der Waals surface area contributed by atoms with Crippen LogP contribution in [-0.4, -0.2) is 28.6 Å². The van der Waals surface area contributed by atoms with Gasteiger partial charge >= 0.3 is 5.97 Å². The highest BCUT2D eigenvalue weighted by molar-refractivity contribution is 5.69. The van der Waals surface area contributed by atoms with Crippen LogP contribution >= 0.6 is 0 Å². The maximum atomic E-state index is 10.9. The van der Waals surface area contributed by atoms with E-state index in [0.29, 0.717) is 6.04 Å². The van der Waals surface area contributed by atoms with Crippen molar-refractivity contribution in [1.29, 1.82) is 0 Å². The van der Waals surface area contributed by atoms with Crippen LogP contribution in [0.3, 0.4) is 0 Å². The Morgan fingerprint density at radius 3 is 2.78 bits per heavy atom. The van der Waals surface area contributed by atoms with Crippen molar-refractivity contribution in [3.8, 4) is 0 Å². The molecule has 0 saturated heterocycles. The highest BCUT2D eigenvalue weighted by Gasteiger charge is 2.30. The van der Waals surface area contributed by atoms with E-state index in [-0.39, 0.29) is 6.54 Å². The first-order valence-corrected chi connectivity index (χ1v) is 6.79. The summed E-state index contributed by atoms with van der Waals surface area (Å²) >= 11 is 0. The average Bonchev–Trinajstić information content (AvgIpc) is 3.07. The number of aryl methyl sites for hydroxylation is 2. The maximum absolute atomic E-state index is 10.9. The average molecular weight is 245 g/mol. The Bertz CT molecular complexity index is 466. The lowest BCUT2D eigenvalue weighted by atomic mass is 10.1. The molecule has 3 nitrogen and oxygen atoms in total. The minimum absolute atomic E-state index is 0.168. The van der Waals surface area contributed by atoms with Gasteiger partial charge in [0.1, 0.15) is 0 Å². The number of benzene rings is 1. The van der Waals surface area contributed by atoms with E-state index in [2.05, 4.69) is 23.1 Å². The SMILES string of the molecule is O=C(O)CN(Cc1ccc2c(c1)CCC2)C1CC1. The predicted octanol–water partition coefficient (Wildman–Crippen LogP) is 2.22. The first kappa shape index (κ1) is 11.7. The summed E-state index contributed by atoms with van der Waals surface area (Å²) in [6.07, 6.45) is 5.96. The van der Waals surface area contributed by atoms with Gasteiger partial charge in [-0.15, -0.1) is 0 Å². The van der Waals surface area contributed by atoms with Crippen molar-refractivity contribution in [3.05, 3.63) is 34.9 Å². The van der Waals surface area contributed by atoms with Gasteiger partial charge < -0.3 is 5.11 Å². The summed E-state index contributed by atoms with van der Waals surface area (Å²) in [5.41, 5.74) is 4.22. The van der Waals surface area contributed by atoms with Crippen LogP contribution in [0.5, 0.6) is 0 Å². The number of fused-ring (bicyclic) bond motifs is 1. The first-order valence-electron chi connectivity index (χ1n) is 6.79. The molecule has 1 saturated carbocycles. The van der Waals surface area contributed by atoms with E-state index in [0.717, 1.165) is 19.4 Å². The van der Waals surface area contributed by atoms with E-state index in [9.17, 15) is 4.79 Å². The third kappa shape index (κ3) is 2.56. The Morgan fingerprint density at radius 2 is 2.06 bits per heavy atom. The van der Waals surface area contributed by atoms with Crippen molar-refractivity contribution in [2.75, 3.05) is 6.54 Å². The summed E-state index contributed by atoms with van der Waals surface area (Å²) in [7, 11) is 0. The van der Waals surface area contributed by atoms with Crippen LogP contribution in [0, 0.1) is 0 Å². The van der Waals surface area contributed by atoms with Gasteiger partial charge in [0.05, 0.1) is 6.54 Å². The van der Waals surface area contributed by atoms with Crippen LogP contribution in [0.1, 0.15) is 36.0 Å². The molecule has 3 rings (SSSR count). The van der Waals surface area contributed by atoms with Crippen LogP contribution in [0.15, 0.2) is 18.2 Å². The lowest BCUT2D eigenvalue weighted by Crippen LogP contribution is -2.31. The molecule has 2 aliphatic carbocycles. The second kappa shape index (κ2) is 4.73. The fourth-order valence-electron chi connectivity index (χ4n) is 2.89. The van der Waals surface area contributed by atoms with Crippen molar-refractivity contribution in [2.24, 2.45) is 0 Å². The lowest BCUT2D eigenvalue weighted by Gasteiger charge is -2.20. The minimum Gasteiger partial charge on any atom is -0.480 e. The van der Waals surface area contributed by atoms with Crippen molar-refractivity contribution in [2.45, 2.75) is 44.7 Å². The number of hydrogen-bond acceptors (Lipinski definition) is 2. The molecule has 0 atom stereocenters. The second-order valence-corrected chi connectivity index (χ2v) is 5.49. The molecule has 0 heterocycles. The number of rotatable bonds is 5. The number of carboxylic acids is 1. The van der Waals surface area contributed by atoms with Crippen LogP contribution in [0.4, 0.5) is 0 Å². The molecule has 0 radical (unpaired) electrons. The monoisotopic (exact) mass is 245 g/mol. The fourth-order valence-corrected chi connectivity index (χ4v) is 2.89. The molecule has 1 aromatic carbocycles. The molecule has 0 unspecified atom stereocenters. The topological polar surface area (TPSA) is 40.5 Å². The molecule has 1 aromatic rings. The summed E-state index contributed by atoms with van der Waals surface area (Å²) < 4.78 is 0. The van der Waals surface area contributed by atoms with Crippen LogP contribution < -0.4 is 0 Å². The molecule has 0 spiro atoms. The molecule has 18 heavy (non-hydrogen) atoms. The van der Waals surface area contributed by atoms with E-state index in [1.54, 1.807) is 0 Å². The van der Waals surface area contributed by atoms with Gasteiger partial charge in [-0.2, -0.15) is 0 Å². The van der Waals surface area contributed by atoms with Crippen molar-refractivity contribution in [1.82, 2.24) is 4.90 Å². The first-order chi connectivity index (χ1) is 8.72. The van der Waals surface area contributed by atoms with Crippen LogP contribution in [0.25, 0.3) is 0 Å². The zero-order chi connectivity index (χ0) is 12.5. The summed E-state index contributed by atoms with van der Waals surface area (Å²) in [5.74, 6) is -0.719. The molecule has 0 aromatic heterocycles. The predicted molar refractivity (Wildman–Crippen MR) is 69.5 cm³/mol. The molecule has 1 fully saturated rings. The zero-order valence-corrected chi connectivity index (χ0v) is 10.6. The molecule has 1 N–H and O–H groups in total. The largest absolute Gasteiger partial charge is 0.480 e. The van der Waals surface area contributed by atoms with Crippen molar-refractivity contribution in [3.63, 3.8) is 0 Å². The van der Waals surface area contributed by atoms with Gasteiger partial charge in [0.25, 0.3) is 0 Å². The number of carbonyl (C=O) groups is 1. The fraction of sp³-hybridized carbons (Fsp3) is 0.533. The molecule has 2 aliphatic rings. The Hall–Kier alpha value is -1.35. The normalized spacial score (nSPS) is 18.1. The number of hydrogen-bond donors (Lipinski definition) is 1. The van der Waals surface area contributed by atoms with Crippen LogP contribution in [0.2, 0.25) is 0 Å². The van der Waals surface area contributed by atoms with Gasteiger partial charge in [-0.25, -0.2) is 0 Å². The summed E-state index contributed by atoms with van der Waals surface area (Å²) in [4.78, 5) is 13.0. The Morgan fingerprint density at radius 1 is 1.28 bits per heavy atom. The Kier molecular flexibility index (Phi) is 3.08. The van der Waals surface area contributed by atoms with E-state index >= 15 is 0 Å². The molecule has 96 valence electrons. The summed E-state index contributed by atoms with van der Waals surface area (Å²) in [6, 6.07) is 7.17. The maximum Gasteiger partial charge on any atom is 0.317 e. The second-order valence-electron chi connectivity index (χ2n) is 5.49. The quantitative estimate of drug-likeness (QED) is 0.864. The number of aliphatic carboxylic acids is 1. The summed E-state index contributed by atoms with van der Waals surface area (Å²) in [6.45, 7) is 0.950. The molecular weight excluding hydrogens is 226 g/mol. The Balaban J connectivity index is 1.72. The van der Waals surface area contributed by atoms with E-state index in [1.165, 1.54) is 36.0 Å². The van der Waals surface area contributed by atoms with Gasteiger partial charge in [0.15, 0.2) is 0 Å². The number of nitrogens with zero attached hydrogens (tertiary/aromatic N) is 1. The molecule has 0 amide bonds. The van der Waals surface area contributed by atoms with Gasteiger partial charge in [-0.3, -0.25) is 9.69 Å². The third-order valence-electron chi connectivity index (χ3n) is 3.95. The molecule has 3 heteroatoms. The summed E-state index contributed by atoms with van der Waals surface area (Å²) in [5, 5.41) is 8.95. The van der Waals surface area contributed by atoms with Gasteiger partial charge in [0.2, 0.25) is 0 Å².